The number of ether oxygens (including phenoxy) is 1. The van der Waals surface area contributed by atoms with Crippen LogP contribution in [0.25, 0.3) is 0 Å². The van der Waals surface area contributed by atoms with Gasteiger partial charge >= 0.3 is 12.1 Å². The summed E-state index contributed by atoms with van der Waals surface area (Å²) in [5.41, 5.74) is 1.09. The summed E-state index contributed by atoms with van der Waals surface area (Å²) in [4.78, 5) is 17.4. The predicted molar refractivity (Wildman–Crippen MR) is 150 cm³/mol. The normalized spacial score (nSPS) is 19.4. The maximum atomic E-state index is 14.1. The van der Waals surface area contributed by atoms with Crippen molar-refractivity contribution in [1.29, 1.82) is 0 Å². The number of likely N-dealkylation sites (tertiary alicyclic amines) is 1. The van der Waals surface area contributed by atoms with Crippen molar-refractivity contribution in [3.63, 3.8) is 0 Å². The van der Waals surface area contributed by atoms with E-state index in [1.165, 1.54) is 17.7 Å². The second kappa shape index (κ2) is 12.5. The molecule has 2 aromatic rings. The molecule has 2 aliphatic heterocycles. The van der Waals surface area contributed by atoms with Gasteiger partial charge in [0, 0.05) is 18.8 Å². The number of halogens is 3. The molecular weight excluding hydrogens is 523 g/mol. The summed E-state index contributed by atoms with van der Waals surface area (Å²) in [5, 5.41) is 3.38. The maximum absolute atomic E-state index is 14.1. The first-order valence-electron chi connectivity index (χ1n) is 13.5. The number of allylic oxidation sites excluding steroid dienone is 1. The molecule has 1 saturated heterocycles. The van der Waals surface area contributed by atoms with E-state index in [0.717, 1.165) is 45.0 Å². The smallest absolute Gasteiger partial charge is 0.416 e. The van der Waals surface area contributed by atoms with E-state index in [1.807, 2.05) is 18.2 Å². The average molecular weight is 560 g/mol. The van der Waals surface area contributed by atoms with Gasteiger partial charge in [0.25, 0.3) is 0 Å². The number of piperidine rings is 1. The van der Waals surface area contributed by atoms with Gasteiger partial charge in [-0.15, -0.1) is 0 Å². The van der Waals surface area contributed by atoms with Crippen LogP contribution in [0.5, 0.6) is 0 Å². The number of hydrogen-bond donors (Lipinski definition) is 1. The summed E-state index contributed by atoms with van der Waals surface area (Å²) in [7, 11) is 0. The van der Waals surface area contributed by atoms with Crippen molar-refractivity contribution in [2.75, 3.05) is 19.6 Å². The number of carbonyl (C=O) groups is 1. The summed E-state index contributed by atoms with van der Waals surface area (Å²) in [6.07, 6.45) is -2.23. The molecule has 1 atom stereocenters. The highest BCUT2D eigenvalue weighted by atomic mass is 32.1. The van der Waals surface area contributed by atoms with E-state index in [1.54, 1.807) is 31.7 Å². The molecule has 2 aliphatic rings. The van der Waals surface area contributed by atoms with Gasteiger partial charge in [0.05, 0.1) is 23.3 Å². The minimum Gasteiger partial charge on any atom is -0.459 e. The van der Waals surface area contributed by atoms with Crippen LogP contribution in [0.1, 0.15) is 62.8 Å². The van der Waals surface area contributed by atoms with Gasteiger partial charge in [-0.3, -0.25) is 4.90 Å². The van der Waals surface area contributed by atoms with Crippen LogP contribution in [-0.2, 0) is 22.3 Å². The van der Waals surface area contributed by atoms with E-state index >= 15 is 0 Å². The molecule has 0 radical (unpaired) electrons. The lowest BCUT2D eigenvalue weighted by atomic mass is 9.88. The molecule has 0 bridgehead atoms. The summed E-state index contributed by atoms with van der Waals surface area (Å²) in [5.74, 6) is -0.227. The predicted octanol–water partition coefficient (Wildman–Crippen LogP) is 6.46. The fraction of sp³-hybridized carbons (Fsp3) is 0.467. The number of hydrogen-bond acceptors (Lipinski definition) is 4. The third kappa shape index (κ3) is 7.19. The van der Waals surface area contributed by atoms with Crippen molar-refractivity contribution >= 4 is 23.3 Å². The fourth-order valence-corrected chi connectivity index (χ4v) is 5.81. The Hall–Kier alpha value is -2.91. The number of esters is 1. The van der Waals surface area contributed by atoms with Crippen molar-refractivity contribution in [3.05, 3.63) is 82.6 Å². The van der Waals surface area contributed by atoms with Crippen LogP contribution < -0.4 is 5.32 Å². The van der Waals surface area contributed by atoms with Gasteiger partial charge in [0.1, 0.15) is 0 Å². The first-order chi connectivity index (χ1) is 18.5. The molecule has 4 rings (SSSR count). The van der Waals surface area contributed by atoms with Gasteiger partial charge in [-0.1, -0.05) is 48.5 Å². The van der Waals surface area contributed by atoms with E-state index in [4.69, 9.17) is 17.0 Å². The average Bonchev–Trinajstić information content (AvgIpc) is 2.88. The Morgan fingerprint density at radius 1 is 1.08 bits per heavy atom. The molecule has 0 amide bonds. The molecule has 2 aromatic carbocycles. The minimum atomic E-state index is -4.58. The Kier molecular flexibility index (Phi) is 9.33. The van der Waals surface area contributed by atoms with Gasteiger partial charge in [-0.25, -0.2) is 4.79 Å². The molecule has 1 N–H and O–H groups in total. The van der Waals surface area contributed by atoms with Crippen LogP contribution in [0.2, 0.25) is 0 Å². The zero-order valence-electron chi connectivity index (χ0n) is 22.6. The van der Waals surface area contributed by atoms with Crippen molar-refractivity contribution in [3.8, 4) is 0 Å². The minimum absolute atomic E-state index is 0.00147. The van der Waals surface area contributed by atoms with Gasteiger partial charge in [-0.2, -0.15) is 13.2 Å². The number of rotatable bonds is 8. The highest BCUT2D eigenvalue weighted by molar-refractivity contribution is 7.80. The molecule has 5 nitrogen and oxygen atoms in total. The fourth-order valence-electron chi connectivity index (χ4n) is 5.46. The standard InChI is InChI=1S/C30H36F3N3O2S/c1-20(2)38-28(37)26-21(3)34-29(39)36(27(26)24-11-7-8-12-25(24)30(31,32)33)18-15-22-13-16-35(17-14-22)19-23-9-5-4-6-10-23/h4-12,20,22,27H,13-19H2,1-3H3,(H,34,39). The van der Waals surface area contributed by atoms with Crippen LogP contribution in [0, 0.1) is 5.92 Å². The summed E-state index contributed by atoms with van der Waals surface area (Å²) < 4.78 is 47.9. The zero-order valence-corrected chi connectivity index (χ0v) is 23.4. The number of thiocarbonyl (C=S) groups is 1. The molecule has 0 aliphatic carbocycles. The molecule has 0 aromatic heterocycles. The lowest BCUT2D eigenvalue weighted by Crippen LogP contribution is -2.49. The number of alkyl halides is 3. The Morgan fingerprint density at radius 2 is 1.72 bits per heavy atom. The first-order valence-corrected chi connectivity index (χ1v) is 13.9. The quantitative estimate of drug-likeness (QED) is 0.296. The van der Waals surface area contributed by atoms with Crippen molar-refractivity contribution < 1.29 is 22.7 Å². The van der Waals surface area contributed by atoms with Crippen molar-refractivity contribution in [2.24, 2.45) is 5.92 Å². The van der Waals surface area contributed by atoms with Crippen LogP contribution in [0.15, 0.2) is 65.9 Å². The number of nitrogens with one attached hydrogen (secondary N) is 1. The third-order valence-corrected chi connectivity index (χ3v) is 7.74. The second-order valence-electron chi connectivity index (χ2n) is 10.6. The van der Waals surface area contributed by atoms with Crippen LogP contribution in [0.4, 0.5) is 13.2 Å². The van der Waals surface area contributed by atoms with Crippen molar-refractivity contribution in [2.45, 2.75) is 64.9 Å². The number of nitrogens with zero attached hydrogens (tertiary/aromatic N) is 2. The number of benzene rings is 2. The number of carbonyl (C=O) groups excluding carboxylic acids is 1. The van der Waals surface area contributed by atoms with Gasteiger partial charge < -0.3 is 15.0 Å². The Labute approximate surface area is 234 Å². The van der Waals surface area contributed by atoms with Crippen LogP contribution in [-0.4, -0.2) is 46.6 Å². The van der Waals surface area contributed by atoms with E-state index in [2.05, 4.69) is 22.3 Å². The second-order valence-corrected chi connectivity index (χ2v) is 11.0. The highest BCUT2D eigenvalue weighted by Crippen LogP contribution is 2.42. The zero-order chi connectivity index (χ0) is 28.2. The Bertz CT molecular complexity index is 1190. The molecule has 39 heavy (non-hydrogen) atoms. The summed E-state index contributed by atoms with van der Waals surface area (Å²) in [6, 6.07) is 14.8. The van der Waals surface area contributed by atoms with E-state index < -0.39 is 29.9 Å². The topological polar surface area (TPSA) is 44.8 Å². The molecule has 0 saturated carbocycles. The van der Waals surface area contributed by atoms with Crippen LogP contribution >= 0.6 is 12.2 Å². The maximum Gasteiger partial charge on any atom is 0.416 e. The van der Waals surface area contributed by atoms with Crippen molar-refractivity contribution in [1.82, 2.24) is 15.1 Å². The lowest BCUT2D eigenvalue weighted by molar-refractivity contribution is -0.144. The van der Waals surface area contributed by atoms with E-state index in [0.29, 0.717) is 23.3 Å². The van der Waals surface area contributed by atoms with E-state index in [9.17, 15) is 18.0 Å². The summed E-state index contributed by atoms with van der Waals surface area (Å²) >= 11 is 5.64. The molecular formula is C30H36F3N3O2S. The van der Waals surface area contributed by atoms with Crippen LogP contribution in [0.3, 0.4) is 0 Å². The SMILES string of the molecule is CC1=C(C(=O)OC(C)C)C(c2ccccc2C(F)(F)F)N(CCC2CCN(Cc3ccccc3)CC2)C(=S)N1. The summed E-state index contributed by atoms with van der Waals surface area (Å²) in [6.45, 7) is 8.37. The highest BCUT2D eigenvalue weighted by Gasteiger charge is 2.42. The van der Waals surface area contributed by atoms with E-state index in [-0.39, 0.29) is 11.1 Å². The Balaban J connectivity index is 1.55. The molecule has 1 unspecified atom stereocenters. The third-order valence-electron chi connectivity index (χ3n) is 7.40. The molecule has 9 heteroatoms. The Morgan fingerprint density at radius 3 is 2.36 bits per heavy atom. The van der Waals surface area contributed by atoms with Gasteiger partial charge in [0.15, 0.2) is 5.11 Å². The monoisotopic (exact) mass is 559 g/mol. The molecule has 0 spiro atoms. The largest absolute Gasteiger partial charge is 0.459 e. The first kappa shape index (κ1) is 29.1. The molecule has 2 heterocycles. The lowest BCUT2D eigenvalue weighted by Gasteiger charge is -2.42. The van der Waals surface area contributed by atoms with Gasteiger partial charge in [0.2, 0.25) is 0 Å². The molecule has 1 fully saturated rings. The molecule has 210 valence electrons. The van der Waals surface area contributed by atoms with Gasteiger partial charge in [-0.05, 0) is 88.5 Å².